The number of rotatable bonds is 8. The Labute approximate surface area is 197 Å². The summed E-state index contributed by atoms with van der Waals surface area (Å²) >= 11 is 0. The number of piperazine rings is 1. The topological polar surface area (TPSA) is 68.8 Å². The van der Waals surface area contributed by atoms with E-state index in [-0.39, 0.29) is 12.3 Å². The molecule has 1 amide bonds. The summed E-state index contributed by atoms with van der Waals surface area (Å²) in [6, 6.07) is 21.3. The molecule has 4 rings (SSSR count). The van der Waals surface area contributed by atoms with Crippen LogP contribution in [-0.2, 0) is 15.8 Å². The van der Waals surface area contributed by atoms with Crippen LogP contribution in [0, 0.1) is 0 Å². The molecule has 8 heteroatoms. The number of hydrogen-bond acceptors (Lipinski definition) is 5. The summed E-state index contributed by atoms with van der Waals surface area (Å²) in [5.41, 5.74) is 3.13. The highest BCUT2D eigenvalue weighted by atomic mass is 32.2. The molecular weight excluding hydrogens is 434 g/mol. The summed E-state index contributed by atoms with van der Waals surface area (Å²) in [4.78, 5) is 21.9. The van der Waals surface area contributed by atoms with E-state index in [9.17, 15) is 9.00 Å². The standard InChI is InChI=1S/C25H29N5O2S/c1-28(33(32)24-5-3-2-4-6-24)16-13-25(31)27-21-7-9-22(10-8-21)29-17-19-30(20-18-29)23-11-14-26-15-12-23/h2-12,14-15H,13,16-20H2,1H3,(H,27,31). The Morgan fingerprint density at radius 2 is 1.48 bits per heavy atom. The van der Waals surface area contributed by atoms with E-state index in [4.69, 9.17) is 0 Å². The largest absolute Gasteiger partial charge is 0.368 e. The van der Waals surface area contributed by atoms with Gasteiger partial charge in [0.1, 0.15) is 11.0 Å². The van der Waals surface area contributed by atoms with Crippen molar-refractivity contribution in [1.82, 2.24) is 9.29 Å². The van der Waals surface area contributed by atoms with Gasteiger partial charge in [-0.15, -0.1) is 0 Å². The highest BCUT2D eigenvalue weighted by molar-refractivity contribution is 7.82. The predicted octanol–water partition coefficient (Wildman–Crippen LogP) is 3.39. The van der Waals surface area contributed by atoms with Crippen LogP contribution in [0.1, 0.15) is 6.42 Å². The highest BCUT2D eigenvalue weighted by Gasteiger charge is 2.18. The Kier molecular flexibility index (Phi) is 7.70. The Bertz CT molecular complexity index is 1060. The van der Waals surface area contributed by atoms with Gasteiger partial charge in [0.25, 0.3) is 0 Å². The van der Waals surface area contributed by atoms with Crippen molar-refractivity contribution >= 4 is 34.0 Å². The van der Waals surface area contributed by atoms with Crippen LogP contribution in [0.5, 0.6) is 0 Å². The fourth-order valence-electron chi connectivity index (χ4n) is 3.82. The number of nitrogens with one attached hydrogen (secondary N) is 1. The maximum atomic E-state index is 12.5. The van der Waals surface area contributed by atoms with Crippen LogP contribution < -0.4 is 15.1 Å². The molecule has 1 aliphatic rings. The Hall–Kier alpha value is -3.23. The van der Waals surface area contributed by atoms with Crippen LogP contribution in [0.4, 0.5) is 17.1 Å². The van der Waals surface area contributed by atoms with E-state index in [1.165, 1.54) is 5.69 Å². The Morgan fingerprint density at radius 3 is 2.09 bits per heavy atom. The monoisotopic (exact) mass is 463 g/mol. The van der Waals surface area contributed by atoms with Crippen molar-refractivity contribution in [3.63, 3.8) is 0 Å². The fraction of sp³-hybridized carbons (Fsp3) is 0.280. The zero-order valence-electron chi connectivity index (χ0n) is 18.8. The molecule has 0 bridgehead atoms. The van der Waals surface area contributed by atoms with Crippen LogP contribution in [0.3, 0.4) is 0 Å². The maximum absolute atomic E-state index is 12.5. The second-order valence-electron chi connectivity index (χ2n) is 7.94. The number of pyridine rings is 1. The lowest BCUT2D eigenvalue weighted by Gasteiger charge is -2.37. The first-order valence-corrected chi connectivity index (χ1v) is 12.2. The Balaban J connectivity index is 1.23. The van der Waals surface area contributed by atoms with Gasteiger partial charge in [-0.3, -0.25) is 9.78 Å². The van der Waals surface area contributed by atoms with Gasteiger partial charge in [-0.2, -0.15) is 0 Å². The predicted molar refractivity (Wildman–Crippen MR) is 134 cm³/mol. The molecular formula is C25H29N5O2S. The lowest BCUT2D eigenvalue weighted by Crippen LogP contribution is -2.46. The summed E-state index contributed by atoms with van der Waals surface area (Å²) in [6.45, 7) is 4.21. The van der Waals surface area contributed by atoms with Crippen molar-refractivity contribution in [2.45, 2.75) is 11.3 Å². The van der Waals surface area contributed by atoms with Gasteiger partial charge in [0.15, 0.2) is 0 Å². The molecule has 1 aromatic heterocycles. The van der Waals surface area contributed by atoms with Gasteiger partial charge in [0.05, 0.1) is 4.90 Å². The van der Waals surface area contributed by atoms with E-state index < -0.39 is 11.0 Å². The maximum Gasteiger partial charge on any atom is 0.225 e. The minimum absolute atomic E-state index is 0.0920. The van der Waals surface area contributed by atoms with Gasteiger partial charge in [-0.25, -0.2) is 8.51 Å². The van der Waals surface area contributed by atoms with E-state index in [1.807, 2.05) is 79.1 Å². The van der Waals surface area contributed by atoms with Gasteiger partial charge in [0, 0.05) is 75.6 Å². The van der Waals surface area contributed by atoms with Crippen molar-refractivity contribution in [3.05, 3.63) is 79.1 Å². The summed E-state index contributed by atoms with van der Waals surface area (Å²) in [5, 5.41) is 2.94. The number of aromatic nitrogens is 1. The molecule has 1 unspecified atom stereocenters. The van der Waals surface area contributed by atoms with Gasteiger partial charge >= 0.3 is 0 Å². The third kappa shape index (κ3) is 6.18. The van der Waals surface area contributed by atoms with E-state index in [0.29, 0.717) is 6.54 Å². The first kappa shape index (κ1) is 22.9. The van der Waals surface area contributed by atoms with Gasteiger partial charge in [-0.1, -0.05) is 18.2 Å². The van der Waals surface area contributed by atoms with E-state index in [2.05, 4.69) is 20.1 Å². The number of amides is 1. The zero-order chi connectivity index (χ0) is 23.0. The summed E-state index contributed by atoms with van der Waals surface area (Å²) < 4.78 is 14.2. The van der Waals surface area contributed by atoms with Crippen LogP contribution in [0.2, 0.25) is 0 Å². The molecule has 3 aromatic rings. The van der Waals surface area contributed by atoms with Gasteiger partial charge in [0.2, 0.25) is 5.91 Å². The SMILES string of the molecule is CN(CCC(=O)Nc1ccc(N2CCN(c3ccncc3)CC2)cc1)S(=O)c1ccccc1. The third-order valence-corrected chi connectivity index (χ3v) is 7.13. The quantitative estimate of drug-likeness (QED) is 0.555. The minimum atomic E-state index is -1.27. The molecule has 1 N–H and O–H groups in total. The summed E-state index contributed by atoms with van der Waals surface area (Å²) in [7, 11) is 0.493. The molecule has 1 fully saturated rings. The average Bonchev–Trinajstić information content (AvgIpc) is 2.88. The second-order valence-corrected chi connectivity index (χ2v) is 9.53. The number of nitrogens with zero attached hydrogens (tertiary/aromatic N) is 4. The van der Waals surface area contributed by atoms with Gasteiger partial charge < -0.3 is 15.1 Å². The lowest BCUT2D eigenvalue weighted by molar-refractivity contribution is -0.116. The lowest BCUT2D eigenvalue weighted by atomic mass is 10.2. The zero-order valence-corrected chi connectivity index (χ0v) is 19.6. The molecule has 0 radical (unpaired) electrons. The molecule has 2 aromatic carbocycles. The molecule has 1 atom stereocenters. The van der Waals surface area contributed by atoms with Crippen LogP contribution in [0.25, 0.3) is 0 Å². The molecule has 2 heterocycles. The number of carbonyl (C=O) groups is 1. The smallest absolute Gasteiger partial charge is 0.225 e. The van der Waals surface area contributed by atoms with Crippen LogP contribution in [0.15, 0.2) is 84.0 Å². The van der Waals surface area contributed by atoms with Crippen molar-refractivity contribution in [2.75, 3.05) is 54.9 Å². The summed E-state index contributed by atoms with van der Waals surface area (Å²) in [6.07, 6.45) is 3.93. The van der Waals surface area contributed by atoms with Crippen molar-refractivity contribution in [3.8, 4) is 0 Å². The number of hydrogen-bond donors (Lipinski definition) is 1. The molecule has 0 saturated carbocycles. The molecule has 0 spiro atoms. The van der Waals surface area contributed by atoms with Crippen molar-refractivity contribution < 1.29 is 9.00 Å². The average molecular weight is 464 g/mol. The molecule has 33 heavy (non-hydrogen) atoms. The van der Waals surface area contributed by atoms with Crippen molar-refractivity contribution in [1.29, 1.82) is 0 Å². The first-order chi connectivity index (χ1) is 16.1. The van der Waals surface area contributed by atoms with E-state index in [0.717, 1.165) is 42.4 Å². The molecule has 7 nitrogen and oxygen atoms in total. The molecule has 172 valence electrons. The number of benzene rings is 2. The Morgan fingerprint density at radius 1 is 0.909 bits per heavy atom. The van der Waals surface area contributed by atoms with Crippen LogP contribution in [-0.4, -0.2) is 59.2 Å². The molecule has 1 saturated heterocycles. The van der Waals surface area contributed by atoms with E-state index in [1.54, 1.807) is 11.4 Å². The normalized spacial score (nSPS) is 14.8. The molecule has 1 aliphatic heterocycles. The highest BCUT2D eigenvalue weighted by Crippen LogP contribution is 2.22. The van der Waals surface area contributed by atoms with E-state index >= 15 is 0 Å². The van der Waals surface area contributed by atoms with Crippen LogP contribution >= 0.6 is 0 Å². The van der Waals surface area contributed by atoms with Crippen molar-refractivity contribution in [2.24, 2.45) is 0 Å². The third-order valence-electron chi connectivity index (χ3n) is 5.71. The minimum Gasteiger partial charge on any atom is -0.368 e. The summed E-state index contributed by atoms with van der Waals surface area (Å²) in [5.74, 6) is -0.0920. The fourth-order valence-corrected chi connectivity index (χ4v) is 4.82. The number of carbonyl (C=O) groups excluding carboxylic acids is 1. The number of anilines is 3. The molecule has 0 aliphatic carbocycles. The second kappa shape index (κ2) is 11.1. The van der Waals surface area contributed by atoms with Gasteiger partial charge in [-0.05, 0) is 48.5 Å². The first-order valence-electron chi connectivity index (χ1n) is 11.1.